The van der Waals surface area contributed by atoms with E-state index in [-0.39, 0.29) is 0 Å². The molecule has 3 atom stereocenters. The fourth-order valence-electron chi connectivity index (χ4n) is 4.53. The zero-order valence-electron chi connectivity index (χ0n) is 16.9. The van der Waals surface area contributed by atoms with Crippen molar-refractivity contribution in [3.05, 3.63) is 82.9 Å². The summed E-state index contributed by atoms with van der Waals surface area (Å²) in [5.41, 5.74) is 7.15. The molecule has 0 amide bonds. The summed E-state index contributed by atoms with van der Waals surface area (Å²) in [6.07, 6.45) is 10.00. The summed E-state index contributed by atoms with van der Waals surface area (Å²) in [4.78, 5) is 0. The van der Waals surface area contributed by atoms with Gasteiger partial charge in [0.05, 0.1) is 0 Å². The summed E-state index contributed by atoms with van der Waals surface area (Å²) in [5, 5.41) is 0.296. The Balaban J connectivity index is 1.76. The Labute approximate surface area is 170 Å². The topological polar surface area (TPSA) is 0 Å². The Morgan fingerprint density at radius 2 is 1.78 bits per heavy atom. The van der Waals surface area contributed by atoms with Gasteiger partial charge in [0.1, 0.15) is 0 Å². The third-order valence-corrected chi connectivity index (χ3v) is 6.40. The Hall–Kier alpha value is -1.53. The van der Waals surface area contributed by atoms with Crippen molar-refractivity contribution in [3.63, 3.8) is 0 Å². The predicted molar refractivity (Wildman–Crippen MR) is 119 cm³/mol. The van der Waals surface area contributed by atoms with Gasteiger partial charge in [0, 0.05) is 5.38 Å². The SMILES string of the molecule is C=CCC1CC(Cl)CC(c2ccc(C)c(Cc3ccc(CCC)cc3)c2)C1. The van der Waals surface area contributed by atoms with Gasteiger partial charge in [-0.25, -0.2) is 0 Å². The van der Waals surface area contributed by atoms with E-state index < -0.39 is 0 Å². The van der Waals surface area contributed by atoms with Gasteiger partial charge in [-0.3, -0.25) is 0 Å². The minimum absolute atomic E-state index is 0.296. The first-order chi connectivity index (χ1) is 13.1. The molecule has 1 aliphatic carbocycles. The van der Waals surface area contributed by atoms with Crippen LogP contribution < -0.4 is 0 Å². The second-order valence-corrected chi connectivity index (χ2v) is 8.94. The maximum Gasteiger partial charge on any atom is 0.0344 e. The van der Waals surface area contributed by atoms with Crippen molar-refractivity contribution >= 4 is 11.6 Å². The molecule has 0 aliphatic heterocycles. The van der Waals surface area contributed by atoms with Crippen LogP contribution in [0.3, 0.4) is 0 Å². The lowest BCUT2D eigenvalue weighted by Crippen LogP contribution is -2.22. The first-order valence-electron chi connectivity index (χ1n) is 10.5. The van der Waals surface area contributed by atoms with Gasteiger partial charge in [0.15, 0.2) is 0 Å². The molecule has 2 aromatic carbocycles. The zero-order chi connectivity index (χ0) is 19.2. The Bertz CT molecular complexity index is 743. The molecular formula is C26H33Cl. The van der Waals surface area contributed by atoms with Crippen LogP contribution in [-0.2, 0) is 12.8 Å². The van der Waals surface area contributed by atoms with E-state index in [0.29, 0.717) is 17.2 Å². The van der Waals surface area contributed by atoms with Crippen LogP contribution in [0.5, 0.6) is 0 Å². The summed E-state index contributed by atoms with van der Waals surface area (Å²) in [6.45, 7) is 8.39. The lowest BCUT2D eigenvalue weighted by atomic mass is 9.76. The van der Waals surface area contributed by atoms with Gasteiger partial charge in [0.2, 0.25) is 0 Å². The molecule has 0 radical (unpaired) electrons. The van der Waals surface area contributed by atoms with Crippen LogP contribution in [0.15, 0.2) is 55.1 Å². The zero-order valence-corrected chi connectivity index (χ0v) is 17.6. The van der Waals surface area contributed by atoms with Crippen molar-refractivity contribution in [2.75, 3.05) is 0 Å². The Morgan fingerprint density at radius 3 is 2.48 bits per heavy atom. The van der Waals surface area contributed by atoms with Crippen LogP contribution in [-0.4, -0.2) is 5.38 Å². The van der Waals surface area contributed by atoms with E-state index in [1.165, 1.54) is 47.1 Å². The minimum Gasteiger partial charge on any atom is -0.123 e. The fourth-order valence-corrected chi connectivity index (χ4v) is 5.00. The molecule has 0 spiro atoms. The molecule has 0 bridgehead atoms. The summed E-state index contributed by atoms with van der Waals surface area (Å²) in [5.74, 6) is 1.26. The summed E-state index contributed by atoms with van der Waals surface area (Å²) in [6, 6.07) is 16.2. The number of rotatable bonds is 7. The summed E-state index contributed by atoms with van der Waals surface area (Å²) < 4.78 is 0. The normalized spacial score (nSPS) is 22.6. The summed E-state index contributed by atoms with van der Waals surface area (Å²) in [7, 11) is 0. The maximum atomic E-state index is 6.60. The van der Waals surface area contributed by atoms with Crippen LogP contribution >= 0.6 is 11.6 Å². The van der Waals surface area contributed by atoms with E-state index in [0.717, 1.165) is 25.7 Å². The van der Waals surface area contributed by atoms with Crippen LogP contribution in [0, 0.1) is 12.8 Å². The first kappa shape index (κ1) is 20.2. The number of benzene rings is 2. The average Bonchev–Trinajstić information content (AvgIpc) is 2.65. The number of alkyl halides is 1. The van der Waals surface area contributed by atoms with Crippen LogP contribution in [0.25, 0.3) is 0 Å². The van der Waals surface area contributed by atoms with Gasteiger partial charge in [-0.2, -0.15) is 0 Å². The third-order valence-electron chi connectivity index (χ3n) is 6.05. The van der Waals surface area contributed by atoms with E-state index in [2.05, 4.69) is 69.0 Å². The van der Waals surface area contributed by atoms with Crippen molar-refractivity contribution in [1.29, 1.82) is 0 Å². The predicted octanol–water partition coefficient (Wildman–Crippen LogP) is 7.61. The van der Waals surface area contributed by atoms with Gasteiger partial charge >= 0.3 is 0 Å². The summed E-state index contributed by atoms with van der Waals surface area (Å²) >= 11 is 6.60. The van der Waals surface area contributed by atoms with E-state index in [1.807, 2.05) is 0 Å². The molecule has 1 saturated carbocycles. The molecule has 0 nitrogen and oxygen atoms in total. The quantitative estimate of drug-likeness (QED) is 0.342. The highest BCUT2D eigenvalue weighted by Gasteiger charge is 2.28. The highest BCUT2D eigenvalue weighted by molar-refractivity contribution is 6.20. The molecule has 1 aliphatic rings. The van der Waals surface area contributed by atoms with E-state index >= 15 is 0 Å². The van der Waals surface area contributed by atoms with Gasteiger partial charge in [-0.1, -0.05) is 61.9 Å². The second-order valence-electron chi connectivity index (χ2n) is 8.32. The Morgan fingerprint density at radius 1 is 1.04 bits per heavy atom. The number of hydrogen-bond acceptors (Lipinski definition) is 0. The average molecular weight is 381 g/mol. The van der Waals surface area contributed by atoms with E-state index in [9.17, 15) is 0 Å². The molecule has 0 saturated heterocycles. The molecule has 3 unspecified atom stereocenters. The van der Waals surface area contributed by atoms with Gasteiger partial charge < -0.3 is 0 Å². The molecular weight excluding hydrogens is 348 g/mol. The van der Waals surface area contributed by atoms with Gasteiger partial charge in [-0.05, 0) is 85.1 Å². The molecule has 0 N–H and O–H groups in total. The van der Waals surface area contributed by atoms with Crippen LogP contribution in [0.2, 0.25) is 0 Å². The minimum atomic E-state index is 0.296. The van der Waals surface area contributed by atoms with Crippen LogP contribution in [0.1, 0.15) is 72.8 Å². The Kier molecular flexibility index (Phi) is 7.19. The van der Waals surface area contributed by atoms with Crippen molar-refractivity contribution < 1.29 is 0 Å². The third kappa shape index (κ3) is 5.48. The molecule has 0 heterocycles. The molecule has 3 rings (SSSR count). The molecule has 2 aromatic rings. The standard InChI is InChI=1S/C26H33Cl/c1-4-6-20-9-11-21(12-10-20)14-24-17-23(13-8-19(24)3)25-15-22(7-5-2)16-26(27)18-25/h5,8-13,17,22,25-26H,2,4,6-7,14-16,18H2,1,3H3. The highest BCUT2D eigenvalue weighted by atomic mass is 35.5. The number of hydrogen-bond donors (Lipinski definition) is 0. The van der Waals surface area contributed by atoms with Crippen molar-refractivity contribution in [2.45, 2.75) is 70.1 Å². The monoisotopic (exact) mass is 380 g/mol. The van der Waals surface area contributed by atoms with Crippen molar-refractivity contribution in [1.82, 2.24) is 0 Å². The smallest absolute Gasteiger partial charge is 0.0344 e. The fraction of sp³-hybridized carbons (Fsp3) is 0.462. The molecule has 0 aromatic heterocycles. The molecule has 1 heteroatoms. The van der Waals surface area contributed by atoms with Gasteiger partial charge in [0.25, 0.3) is 0 Å². The van der Waals surface area contributed by atoms with Crippen LogP contribution in [0.4, 0.5) is 0 Å². The van der Waals surface area contributed by atoms with Gasteiger partial charge in [-0.15, -0.1) is 18.2 Å². The molecule has 144 valence electrons. The lowest BCUT2D eigenvalue weighted by Gasteiger charge is -2.32. The van der Waals surface area contributed by atoms with Crippen molar-refractivity contribution in [2.24, 2.45) is 5.92 Å². The van der Waals surface area contributed by atoms with E-state index in [1.54, 1.807) is 0 Å². The lowest BCUT2D eigenvalue weighted by molar-refractivity contribution is 0.329. The largest absolute Gasteiger partial charge is 0.123 e. The van der Waals surface area contributed by atoms with E-state index in [4.69, 9.17) is 11.6 Å². The number of halogens is 1. The highest BCUT2D eigenvalue weighted by Crippen LogP contribution is 2.40. The maximum absolute atomic E-state index is 6.60. The second kappa shape index (κ2) is 9.60. The number of aryl methyl sites for hydroxylation is 2. The van der Waals surface area contributed by atoms with Crippen molar-refractivity contribution in [3.8, 4) is 0 Å². The molecule has 1 fully saturated rings. The first-order valence-corrected chi connectivity index (χ1v) is 10.9. The number of allylic oxidation sites excluding steroid dienone is 1. The molecule has 27 heavy (non-hydrogen) atoms.